The van der Waals surface area contributed by atoms with Gasteiger partial charge in [-0.3, -0.25) is 0 Å². The fraction of sp³-hybridized carbons (Fsp3) is 0.364. The van der Waals surface area contributed by atoms with Crippen molar-refractivity contribution in [3.63, 3.8) is 0 Å². The van der Waals surface area contributed by atoms with Gasteiger partial charge in [0, 0.05) is 12.6 Å². The van der Waals surface area contributed by atoms with Gasteiger partial charge in [0.15, 0.2) is 5.82 Å². The molecule has 2 heterocycles. The first-order valence-corrected chi connectivity index (χ1v) is 5.54. The predicted molar refractivity (Wildman–Crippen MR) is 59.4 cm³/mol. The summed E-state index contributed by atoms with van der Waals surface area (Å²) >= 11 is 0. The van der Waals surface area contributed by atoms with Gasteiger partial charge in [-0.1, -0.05) is 5.16 Å². The van der Waals surface area contributed by atoms with Gasteiger partial charge in [-0.05, 0) is 6.07 Å². The zero-order chi connectivity index (χ0) is 14.6. The summed E-state index contributed by atoms with van der Waals surface area (Å²) in [5, 5.41) is 12.3. The molecule has 0 saturated heterocycles. The van der Waals surface area contributed by atoms with Gasteiger partial charge in [0.2, 0.25) is 0 Å². The number of halogens is 3. The number of alkyl halides is 3. The van der Waals surface area contributed by atoms with Crippen molar-refractivity contribution in [2.24, 2.45) is 0 Å². The van der Waals surface area contributed by atoms with E-state index >= 15 is 0 Å². The van der Waals surface area contributed by atoms with Crippen LogP contribution in [0.4, 0.5) is 13.2 Å². The normalized spacial score (nSPS) is 11.5. The molecule has 0 aliphatic heterocycles. The van der Waals surface area contributed by atoms with E-state index in [0.717, 1.165) is 0 Å². The van der Waals surface area contributed by atoms with Crippen molar-refractivity contribution in [3.05, 3.63) is 23.7 Å². The van der Waals surface area contributed by atoms with Gasteiger partial charge in [-0.2, -0.15) is 23.4 Å². The highest BCUT2D eigenvalue weighted by molar-refractivity contribution is 5.51. The number of nitrogens with zero attached hydrogens (tertiary/aromatic N) is 3. The number of H-pyrrole nitrogens is 1. The Balaban J connectivity index is 1.88. The molecule has 1 N–H and O–H groups in total. The lowest BCUT2D eigenvalue weighted by atomic mass is 10.3. The second-order valence-electron chi connectivity index (χ2n) is 3.85. The van der Waals surface area contributed by atoms with Crippen molar-refractivity contribution in [3.8, 4) is 17.7 Å². The minimum atomic E-state index is -4.35. The summed E-state index contributed by atoms with van der Waals surface area (Å²) in [5.41, 5.74) is 0.879. The average Bonchev–Trinajstić information content (AvgIpc) is 3.02. The molecule has 0 saturated carbocycles. The van der Waals surface area contributed by atoms with Crippen molar-refractivity contribution in [2.45, 2.75) is 12.6 Å². The maximum absolute atomic E-state index is 11.8. The van der Waals surface area contributed by atoms with Gasteiger partial charge < -0.3 is 14.2 Å². The average molecular weight is 286 g/mol. The molecular weight excluding hydrogens is 277 g/mol. The lowest BCUT2D eigenvalue weighted by molar-refractivity contribution is -0.173. The summed E-state index contributed by atoms with van der Waals surface area (Å²) in [6.45, 7) is -1.47. The number of hydrogen-bond acceptors (Lipinski definition) is 5. The number of ether oxygens (including phenoxy) is 1. The molecule has 0 amide bonds. The highest BCUT2D eigenvalue weighted by atomic mass is 19.4. The van der Waals surface area contributed by atoms with E-state index in [1.807, 2.05) is 6.07 Å². The Morgan fingerprint density at radius 3 is 2.90 bits per heavy atom. The molecule has 2 rings (SSSR count). The lowest BCUT2D eigenvalue weighted by Gasteiger charge is -2.05. The first kappa shape index (κ1) is 14.1. The highest BCUT2D eigenvalue weighted by Crippen LogP contribution is 2.17. The molecule has 9 heteroatoms. The van der Waals surface area contributed by atoms with Gasteiger partial charge >= 0.3 is 6.18 Å². The van der Waals surface area contributed by atoms with Gasteiger partial charge in [0.05, 0.1) is 12.2 Å². The maximum atomic E-state index is 11.8. The van der Waals surface area contributed by atoms with Crippen LogP contribution < -0.4 is 0 Å². The third kappa shape index (κ3) is 3.83. The number of aromatic amines is 1. The van der Waals surface area contributed by atoms with Crippen LogP contribution in [0.2, 0.25) is 0 Å². The lowest BCUT2D eigenvalue weighted by Crippen LogP contribution is -2.18. The summed E-state index contributed by atoms with van der Waals surface area (Å²) in [5.74, 6) is 0.396. The summed E-state index contributed by atoms with van der Waals surface area (Å²) in [6.07, 6.45) is -2.77. The zero-order valence-electron chi connectivity index (χ0n) is 10.1. The van der Waals surface area contributed by atoms with E-state index < -0.39 is 12.8 Å². The summed E-state index contributed by atoms with van der Waals surface area (Å²) in [7, 11) is 0. The van der Waals surface area contributed by atoms with Gasteiger partial charge in [0.1, 0.15) is 18.4 Å². The van der Waals surface area contributed by atoms with Crippen molar-refractivity contribution in [2.75, 3.05) is 13.2 Å². The van der Waals surface area contributed by atoms with Crippen LogP contribution >= 0.6 is 0 Å². The second kappa shape index (κ2) is 5.75. The van der Waals surface area contributed by atoms with E-state index in [2.05, 4.69) is 19.9 Å². The standard InChI is InChI=1S/C11H9F3N4O2/c12-11(13,14)6-19-2-1-9-17-10(20-18-9)8-3-7(4-15)5-16-8/h3,5,16H,1-2,6H2. The molecular formula is C11H9F3N4O2. The summed E-state index contributed by atoms with van der Waals surface area (Å²) < 4.78 is 44.9. The number of nitriles is 1. The molecule has 106 valence electrons. The molecule has 0 atom stereocenters. The topological polar surface area (TPSA) is 87.7 Å². The molecule has 0 aromatic carbocycles. The molecule has 0 aliphatic carbocycles. The molecule has 20 heavy (non-hydrogen) atoms. The van der Waals surface area contributed by atoms with Crippen LogP contribution in [0.25, 0.3) is 11.6 Å². The van der Waals surface area contributed by atoms with Crippen LogP contribution in [0.3, 0.4) is 0 Å². The molecule has 0 radical (unpaired) electrons. The quantitative estimate of drug-likeness (QED) is 0.850. The Labute approximate surface area is 111 Å². The minimum absolute atomic E-state index is 0.103. The van der Waals surface area contributed by atoms with Crippen LogP contribution in [0.5, 0.6) is 0 Å². The molecule has 2 aromatic rings. The second-order valence-corrected chi connectivity index (χ2v) is 3.85. The van der Waals surface area contributed by atoms with E-state index in [-0.39, 0.29) is 24.7 Å². The largest absolute Gasteiger partial charge is 0.411 e. The summed E-state index contributed by atoms with van der Waals surface area (Å²) in [4.78, 5) is 6.76. The Kier molecular flexibility index (Phi) is 4.05. The molecule has 0 unspecified atom stereocenters. The van der Waals surface area contributed by atoms with Crippen LogP contribution in [0.15, 0.2) is 16.8 Å². The smallest absolute Gasteiger partial charge is 0.372 e. The minimum Gasteiger partial charge on any atom is -0.372 e. The van der Waals surface area contributed by atoms with Crippen LogP contribution in [-0.4, -0.2) is 34.5 Å². The number of hydrogen-bond donors (Lipinski definition) is 1. The number of aromatic nitrogens is 3. The van der Waals surface area contributed by atoms with E-state index in [0.29, 0.717) is 11.3 Å². The Morgan fingerprint density at radius 1 is 1.45 bits per heavy atom. The van der Waals surface area contributed by atoms with Gasteiger partial charge in [-0.15, -0.1) is 0 Å². The van der Waals surface area contributed by atoms with Crippen molar-refractivity contribution < 1.29 is 22.4 Å². The molecule has 0 bridgehead atoms. The Bertz CT molecular complexity index is 612. The summed E-state index contributed by atoms with van der Waals surface area (Å²) in [6, 6.07) is 3.46. The van der Waals surface area contributed by atoms with Crippen molar-refractivity contribution >= 4 is 0 Å². The van der Waals surface area contributed by atoms with Crippen molar-refractivity contribution in [1.82, 2.24) is 15.1 Å². The fourth-order valence-corrected chi connectivity index (χ4v) is 1.40. The zero-order valence-corrected chi connectivity index (χ0v) is 10.1. The Morgan fingerprint density at radius 2 is 2.25 bits per heavy atom. The molecule has 0 aliphatic rings. The van der Waals surface area contributed by atoms with Gasteiger partial charge in [0.25, 0.3) is 5.89 Å². The number of rotatable bonds is 5. The Hall–Kier alpha value is -2.34. The van der Waals surface area contributed by atoms with Crippen LogP contribution in [0.1, 0.15) is 11.4 Å². The molecule has 0 fully saturated rings. The monoisotopic (exact) mass is 286 g/mol. The molecule has 0 spiro atoms. The third-order valence-corrected chi connectivity index (χ3v) is 2.25. The van der Waals surface area contributed by atoms with E-state index in [4.69, 9.17) is 9.78 Å². The van der Waals surface area contributed by atoms with E-state index in [1.165, 1.54) is 12.3 Å². The third-order valence-electron chi connectivity index (χ3n) is 2.25. The first-order chi connectivity index (χ1) is 9.48. The van der Waals surface area contributed by atoms with Crippen LogP contribution in [0, 0.1) is 11.3 Å². The number of nitrogens with one attached hydrogen (secondary N) is 1. The maximum Gasteiger partial charge on any atom is 0.411 e. The predicted octanol–water partition coefficient (Wildman–Crippen LogP) is 2.06. The first-order valence-electron chi connectivity index (χ1n) is 5.54. The molecule has 2 aromatic heterocycles. The highest BCUT2D eigenvalue weighted by Gasteiger charge is 2.27. The fourth-order valence-electron chi connectivity index (χ4n) is 1.40. The van der Waals surface area contributed by atoms with Crippen LogP contribution in [-0.2, 0) is 11.2 Å². The van der Waals surface area contributed by atoms with E-state index in [1.54, 1.807) is 0 Å². The van der Waals surface area contributed by atoms with Gasteiger partial charge in [-0.25, -0.2) is 0 Å². The SMILES string of the molecule is N#Cc1c[nH]c(-c2nc(CCOCC(F)(F)F)no2)c1. The van der Waals surface area contributed by atoms with E-state index in [9.17, 15) is 13.2 Å². The van der Waals surface area contributed by atoms with Crippen molar-refractivity contribution in [1.29, 1.82) is 5.26 Å². The molecule has 6 nitrogen and oxygen atoms in total.